The first-order valence-electron chi connectivity index (χ1n) is 10.4. The molecule has 5 aromatic rings. The number of methoxy groups -OCH3 is 1. The average molecular weight is 456 g/mol. The SMILES string of the molecule is COc1cccc(OCc2cc(=O)n3ncc(-c4ccc(Sc5ccccc5)cc4)c3[nH]2)c1. The number of ether oxygens (including phenoxy) is 2. The molecule has 0 atom stereocenters. The van der Waals surface area contributed by atoms with Crippen LogP contribution in [0.2, 0.25) is 0 Å². The van der Waals surface area contributed by atoms with Crippen LogP contribution in [0, 0.1) is 0 Å². The summed E-state index contributed by atoms with van der Waals surface area (Å²) in [7, 11) is 1.61. The van der Waals surface area contributed by atoms with E-state index in [1.54, 1.807) is 31.1 Å². The minimum atomic E-state index is -0.213. The van der Waals surface area contributed by atoms with Crippen LogP contribution in [-0.4, -0.2) is 21.7 Å². The van der Waals surface area contributed by atoms with Gasteiger partial charge in [0.25, 0.3) is 5.56 Å². The van der Waals surface area contributed by atoms with E-state index in [1.165, 1.54) is 15.5 Å². The van der Waals surface area contributed by atoms with E-state index >= 15 is 0 Å². The van der Waals surface area contributed by atoms with Crippen molar-refractivity contribution >= 4 is 17.4 Å². The van der Waals surface area contributed by atoms with E-state index in [9.17, 15) is 4.79 Å². The van der Waals surface area contributed by atoms with Gasteiger partial charge in [0.1, 0.15) is 23.8 Å². The largest absolute Gasteiger partial charge is 0.497 e. The quantitative estimate of drug-likeness (QED) is 0.354. The van der Waals surface area contributed by atoms with Crippen molar-refractivity contribution in [2.24, 2.45) is 0 Å². The molecule has 1 N–H and O–H groups in total. The van der Waals surface area contributed by atoms with Gasteiger partial charge in [-0.05, 0) is 42.0 Å². The van der Waals surface area contributed by atoms with Crippen molar-refractivity contribution < 1.29 is 9.47 Å². The lowest BCUT2D eigenvalue weighted by Gasteiger charge is -2.09. The summed E-state index contributed by atoms with van der Waals surface area (Å²) in [4.78, 5) is 18.2. The maximum Gasteiger partial charge on any atom is 0.274 e. The van der Waals surface area contributed by atoms with Crippen molar-refractivity contribution in [3.8, 4) is 22.6 Å². The van der Waals surface area contributed by atoms with Crippen molar-refractivity contribution in [3.63, 3.8) is 0 Å². The second kappa shape index (κ2) is 9.26. The van der Waals surface area contributed by atoms with Gasteiger partial charge in [0, 0.05) is 27.5 Å². The minimum Gasteiger partial charge on any atom is -0.497 e. The van der Waals surface area contributed by atoms with Crippen LogP contribution in [0.25, 0.3) is 16.8 Å². The number of rotatable bonds is 7. The van der Waals surface area contributed by atoms with Gasteiger partial charge >= 0.3 is 0 Å². The van der Waals surface area contributed by atoms with Crippen molar-refractivity contribution in [2.45, 2.75) is 16.4 Å². The van der Waals surface area contributed by atoms with Gasteiger partial charge in [-0.15, -0.1) is 0 Å². The monoisotopic (exact) mass is 455 g/mol. The highest BCUT2D eigenvalue weighted by Crippen LogP contribution is 2.30. The third kappa shape index (κ3) is 4.63. The summed E-state index contributed by atoms with van der Waals surface area (Å²) in [5.74, 6) is 1.37. The minimum absolute atomic E-state index is 0.213. The van der Waals surface area contributed by atoms with Crippen LogP contribution in [0.5, 0.6) is 11.5 Å². The molecule has 0 amide bonds. The van der Waals surface area contributed by atoms with Crippen molar-refractivity contribution in [2.75, 3.05) is 7.11 Å². The predicted molar refractivity (Wildman–Crippen MR) is 129 cm³/mol. The molecule has 0 aliphatic carbocycles. The zero-order valence-corrected chi connectivity index (χ0v) is 18.7. The van der Waals surface area contributed by atoms with Crippen molar-refractivity contribution in [1.82, 2.24) is 14.6 Å². The maximum absolute atomic E-state index is 12.6. The molecule has 0 aliphatic heterocycles. The Morgan fingerprint density at radius 2 is 1.67 bits per heavy atom. The zero-order valence-electron chi connectivity index (χ0n) is 17.9. The summed E-state index contributed by atoms with van der Waals surface area (Å²) in [6.45, 7) is 0.218. The Bertz CT molecular complexity index is 1440. The highest BCUT2D eigenvalue weighted by atomic mass is 32.2. The molecule has 3 aromatic carbocycles. The van der Waals surface area contributed by atoms with Gasteiger partial charge in [0.2, 0.25) is 0 Å². The van der Waals surface area contributed by atoms with Crippen LogP contribution in [0.3, 0.4) is 0 Å². The molecular formula is C26H21N3O3S. The first-order chi connectivity index (χ1) is 16.2. The molecule has 0 bridgehead atoms. The molecule has 164 valence electrons. The predicted octanol–water partition coefficient (Wildman–Crippen LogP) is 5.43. The Balaban J connectivity index is 1.39. The molecule has 0 saturated heterocycles. The number of hydrogen-bond acceptors (Lipinski definition) is 5. The molecule has 6 nitrogen and oxygen atoms in total. The van der Waals surface area contributed by atoms with E-state index in [2.05, 4.69) is 34.3 Å². The smallest absolute Gasteiger partial charge is 0.274 e. The topological polar surface area (TPSA) is 68.6 Å². The molecule has 0 unspecified atom stereocenters. The molecule has 0 fully saturated rings. The Morgan fingerprint density at radius 3 is 2.45 bits per heavy atom. The molecule has 0 spiro atoms. The Morgan fingerprint density at radius 1 is 0.909 bits per heavy atom. The van der Waals surface area contributed by atoms with Crippen LogP contribution >= 0.6 is 11.8 Å². The van der Waals surface area contributed by atoms with E-state index in [0.717, 1.165) is 16.0 Å². The third-order valence-electron chi connectivity index (χ3n) is 5.13. The molecule has 2 heterocycles. The van der Waals surface area contributed by atoms with Gasteiger partial charge < -0.3 is 14.5 Å². The first kappa shape index (κ1) is 20.9. The van der Waals surface area contributed by atoms with Crippen molar-refractivity contribution in [3.05, 3.63) is 107 Å². The number of H-pyrrole nitrogens is 1. The maximum atomic E-state index is 12.6. The summed E-state index contributed by atoms with van der Waals surface area (Å²) in [6.07, 6.45) is 1.71. The number of nitrogens with one attached hydrogen (secondary N) is 1. The van der Waals surface area contributed by atoms with Gasteiger partial charge in [0.15, 0.2) is 0 Å². The summed E-state index contributed by atoms with van der Waals surface area (Å²) >= 11 is 1.71. The zero-order chi connectivity index (χ0) is 22.6. The molecule has 0 radical (unpaired) electrons. The molecular weight excluding hydrogens is 434 g/mol. The molecule has 0 aliphatic rings. The van der Waals surface area contributed by atoms with E-state index in [1.807, 2.05) is 48.5 Å². The first-order valence-corrected chi connectivity index (χ1v) is 11.2. The Hall–Kier alpha value is -3.97. The number of aromatic amines is 1. The standard InChI is InChI=1S/C26H21N3O3S/c1-31-20-6-5-7-21(15-20)32-17-19-14-25(30)29-26(28-19)24(16-27-29)18-10-12-23(13-11-18)33-22-8-3-2-4-9-22/h2-16,28H,17H2,1H3. The summed E-state index contributed by atoms with van der Waals surface area (Å²) < 4.78 is 12.5. The molecule has 33 heavy (non-hydrogen) atoms. The second-order valence-electron chi connectivity index (χ2n) is 7.36. The lowest BCUT2D eigenvalue weighted by atomic mass is 10.1. The molecule has 2 aromatic heterocycles. The highest BCUT2D eigenvalue weighted by Gasteiger charge is 2.11. The van der Waals surface area contributed by atoms with E-state index in [4.69, 9.17) is 9.47 Å². The van der Waals surface area contributed by atoms with Crippen LogP contribution in [-0.2, 0) is 6.61 Å². The van der Waals surface area contributed by atoms with Gasteiger partial charge in [0.05, 0.1) is 19.0 Å². The van der Waals surface area contributed by atoms with Crippen molar-refractivity contribution in [1.29, 1.82) is 0 Å². The summed E-state index contributed by atoms with van der Waals surface area (Å²) in [5, 5.41) is 4.28. The van der Waals surface area contributed by atoms with E-state index < -0.39 is 0 Å². The Labute approximate surface area is 194 Å². The van der Waals surface area contributed by atoms with E-state index in [-0.39, 0.29) is 12.2 Å². The van der Waals surface area contributed by atoms with Gasteiger partial charge in [-0.25, -0.2) is 0 Å². The summed E-state index contributed by atoms with van der Waals surface area (Å²) in [6, 6.07) is 27.3. The van der Waals surface area contributed by atoms with Gasteiger partial charge in [-0.2, -0.15) is 9.61 Å². The van der Waals surface area contributed by atoms with Crippen LogP contribution in [0.4, 0.5) is 0 Å². The molecule has 7 heteroatoms. The Kier molecular flexibility index (Phi) is 5.87. The highest BCUT2D eigenvalue weighted by molar-refractivity contribution is 7.99. The lowest BCUT2D eigenvalue weighted by Crippen LogP contribution is -2.16. The van der Waals surface area contributed by atoms with Crippen LogP contribution < -0.4 is 15.0 Å². The van der Waals surface area contributed by atoms with E-state index in [0.29, 0.717) is 22.8 Å². The third-order valence-corrected chi connectivity index (χ3v) is 6.15. The van der Waals surface area contributed by atoms with Crippen LogP contribution in [0.15, 0.2) is 106 Å². The second-order valence-corrected chi connectivity index (χ2v) is 8.51. The molecule has 0 saturated carbocycles. The van der Waals surface area contributed by atoms with Crippen LogP contribution in [0.1, 0.15) is 5.69 Å². The molecule has 5 rings (SSSR count). The van der Waals surface area contributed by atoms with Gasteiger partial charge in [-0.1, -0.05) is 48.2 Å². The fourth-order valence-electron chi connectivity index (χ4n) is 3.50. The normalized spacial score (nSPS) is 10.9. The summed E-state index contributed by atoms with van der Waals surface area (Å²) in [5.41, 5.74) is 2.91. The number of aromatic nitrogens is 3. The average Bonchev–Trinajstić information content (AvgIpc) is 3.29. The lowest BCUT2D eigenvalue weighted by molar-refractivity contribution is 0.299. The number of benzene rings is 3. The fourth-order valence-corrected chi connectivity index (χ4v) is 4.34. The van der Waals surface area contributed by atoms with Gasteiger partial charge in [-0.3, -0.25) is 4.79 Å². The number of hydrogen-bond donors (Lipinski definition) is 1. The fraction of sp³-hybridized carbons (Fsp3) is 0.0769. The number of nitrogens with zero attached hydrogens (tertiary/aromatic N) is 2. The number of fused-ring (bicyclic) bond motifs is 1.